The van der Waals surface area contributed by atoms with Crippen LogP contribution in [0.3, 0.4) is 0 Å². The van der Waals surface area contributed by atoms with Gasteiger partial charge in [0.1, 0.15) is 29.1 Å². The Labute approximate surface area is 163 Å². The molecule has 0 atom stereocenters. The summed E-state index contributed by atoms with van der Waals surface area (Å²) in [4.78, 5) is 15.1. The first-order chi connectivity index (χ1) is 12.5. The Morgan fingerprint density at radius 1 is 1.11 bits per heavy atom. The monoisotopic (exact) mass is 391 g/mol. The first kappa shape index (κ1) is 20.6. The molecule has 6 nitrogen and oxygen atoms in total. The summed E-state index contributed by atoms with van der Waals surface area (Å²) in [5.41, 5.74) is 1.99. The van der Waals surface area contributed by atoms with Crippen LogP contribution in [0.5, 0.6) is 17.2 Å². The number of rotatable bonds is 6. The molecule has 0 saturated heterocycles. The molecule has 144 valence electrons. The van der Waals surface area contributed by atoms with Crippen molar-refractivity contribution in [3.8, 4) is 17.2 Å². The molecule has 0 spiro atoms. The van der Waals surface area contributed by atoms with Crippen molar-refractivity contribution < 1.29 is 23.8 Å². The van der Waals surface area contributed by atoms with E-state index in [-0.39, 0.29) is 23.9 Å². The number of aromatic hydroxyl groups is 1. The van der Waals surface area contributed by atoms with Crippen LogP contribution in [0, 0.1) is 0 Å². The van der Waals surface area contributed by atoms with Crippen LogP contribution in [0.2, 0.25) is 0 Å². The number of nitrogens with zero attached hydrogens (tertiary/aromatic N) is 1. The number of ether oxygens (including phenoxy) is 2. The molecular formula is C20H22ClNO5. The highest BCUT2D eigenvalue weighted by atomic mass is 35.5. The molecule has 0 aliphatic heterocycles. The number of carbonyl (C=O) groups is 1. The number of phenols is 1. The van der Waals surface area contributed by atoms with E-state index in [4.69, 9.17) is 13.9 Å². The fraction of sp³-hybridized carbons (Fsp3) is 0.250. The van der Waals surface area contributed by atoms with Gasteiger partial charge in [0.2, 0.25) is 5.78 Å². The maximum atomic E-state index is 13.2. The minimum Gasteiger partial charge on any atom is -0.508 e. The normalized spacial score (nSPS) is 10.7. The van der Waals surface area contributed by atoms with Gasteiger partial charge >= 0.3 is 0 Å². The lowest BCUT2D eigenvalue weighted by Gasteiger charge is -2.13. The van der Waals surface area contributed by atoms with Crippen molar-refractivity contribution in [1.82, 2.24) is 4.90 Å². The average Bonchev–Trinajstić information content (AvgIpc) is 3.07. The molecule has 3 aromatic rings. The lowest BCUT2D eigenvalue weighted by Crippen LogP contribution is -2.12. The van der Waals surface area contributed by atoms with E-state index in [0.29, 0.717) is 45.7 Å². The number of fused-ring (bicyclic) bond motifs is 1. The third-order valence-electron chi connectivity index (χ3n) is 4.20. The number of carbonyl (C=O) groups excluding carboxylic acids is 1. The van der Waals surface area contributed by atoms with E-state index in [2.05, 4.69) is 0 Å². The topological polar surface area (TPSA) is 72.1 Å². The van der Waals surface area contributed by atoms with Crippen molar-refractivity contribution in [3.63, 3.8) is 0 Å². The van der Waals surface area contributed by atoms with E-state index in [1.54, 1.807) is 37.4 Å². The number of furan rings is 1. The number of hydrogen-bond donors (Lipinski definition) is 1. The van der Waals surface area contributed by atoms with Crippen LogP contribution in [0.15, 0.2) is 41.0 Å². The zero-order chi connectivity index (χ0) is 18.8. The molecule has 0 aliphatic rings. The van der Waals surface area contributed by atoms with Crippen molar-refractivity contribution in [2.24, 2.45) is 0 Å². The zero-order valence-corrected chi connectivity index (χ0v) is 16.4. The quantitative estimate of drug-likeness (QED) is 0.643. The Morgan fingerprint density at radius 2 is 1.85 bits per heavy atom. The predicted octanol–water partition coefficient (Wildman–Crippen LogP) is 3.87. The molecule has 1 aromatic heterocycles. The standard InChI is InChI=1S/C20H21NO5.ClH/c1-21(2)10-14-16(22)7-8-17-19(14)15(11-26-17)20(23)13-6-5-12(24-3)9-18(13)25-4;/h5-9,11,22H,10H2,1-4H3;1H. The third-order valence-corrected chi connectivity index (χ3v) is 4.20. The minimum atomic E-state index is -0.242. The maximum Gasteiger partial charge on any atom is 0.200 e. The van der Waals surface area contributed by atoms with E-state index in [0.717, 1.165) is 0 Å². The van der Waals surface area contributed by atoms with Crippen LogP contribution < -0.4 is 9.47 Å². The van der Waals surface area contributed by atoms with Gasteiger partial charge in [0.25, 0.3) is 0 Å². The summed E-state index contributed by atoms with van der Waals surface area (Å²) in [6.07, 6.45) is 1.43. The van der Waals surface area contributed by atoms with Crippen LogP contribution in [-0.4, -0.2) is 44.1 Å². The van der Waals surface area contributed by atoms with Gasteiger partial charge in [0.05, 0.1) is 25.3 Å². The minimum absolute atomic E-state index is 0. The molecule has 1 heterocycles. The SMILES string of the molecule is COc1ccc(C(=O)c2coc3ccc(O)c(CN(C)C)c23)c(OC)c1.Cl. The molecule has 3 rings (SSSR count). The molecule has 0 aliphatic carbocycles. The maximum absolute atomic E-state index is 13.2. The van der Waals surface area contributed by atoms with E-state index >= 15 is 0 Å². The highest BCUT2D eigenvalue weighted by Gasteiger charge is 2.23. The molecule has 0 radical (unpaired) electrons. The van der Waals surface area contributed by atoms with Gasteiger partial charge in [-0.25, -0.2) is 0 Å². The van der Waals surface area contributed by atoms with Gasteiger partial charge in [-0.15, -0.1) is 12.4 Å². The molecule has 2 aromatic carbocycles. The molecule has 0 bridgehead atoms. The number of halogens is 1. The second-order valence-corrected chi connectivity index (χ2v) is 6.22. The highest BCUT2D eigenvalue weighted by molar-refractivity contribution is 6.18. The van der Waals surface area contributed by atoms with Gasteiger partial charge in [0.15, 0.2) is 0 Å². The predicted molar refractivity (Wildman–Crippen MR) is 105 cm³/mol. The van der Waals surface area contributed by atoms with Crippen LogP contribution in [0.1, 0.15) is 21.5 Å². The number of methoxy groups -OCH3 is 2. The first-order valence-corrected chi connectivity index (χ1v) is 8.09. The summed E-state index contributed by atoms with van der Waals surface area (Å²) in [6, 6.07) is 8.26. The van der Waals surface area contributed by atoms with Gasteiger partial charge in [-0.2, -0.15) is 0 Å². The Morgan fingerprint density at radius 3 is 2.48 bits per heavy atom. The van der Waals surface area contributed by atoms with Crippen LogP contribution in [0.25, 0.3) is 11.0 Å². The van der Waals surface area contributed by atoms with E-state index in [1.165, 1.54) is 13.4 Å². The van der Waals surface area contributed by atoms with Gasteiger partial charge in [-0.1, -0.05) is 0 Å². The Bertz CT molecular complexity index is 964. The second kappa shape index (κ2) is 8.33. The van der Waals surface area contributed by atoms with Gasteiger partial charge < -0.3 is 23.9 Å². The molecule has 0 fully saturated rings. The number of benzene rings is 2. The van der Waals surface area contributed by atoms with Crippen LogP contribution in [-0.2, 0) is 6.54 Å². The average molecular weight is 392 g/mol. The summed E-state index contributed by atoms with van der Waals surface area (Å²) in [6.45, 7) is 0.475. The third kappa shape index (κ3) is 3.86. The molecule has 27 heavy (non-hydrogen) atoms. The molecular weight excluding hydrogens is 370 g/mol. The van der Waals surface area contributed by atoms with Gasteiger partial charge in [-0.05, 0) is 38.4 Å². The molecule has 0 unspecified atom stereocenters. The molecule has 1 N–H and O–H groups in total. The summed E-state index contributed by atoms with van der Waals surface area (Å²) in [5, 5.41) is 10.9. The molecule has 7 heteroatoms. The molecule has 0 amide bonds. The second-order valence-electron chi connectivity index (χ2n) is 6.22. The smallest absolute Gasteiger partial charge is 0.200 e. The van der Waals surface area contributed by atoms with Gasteiger partial charge in [0, 0.05) is 23.6 Å². The summed E-state index contributed by atoms with van der Waals surface area (Å²) in [5.74, 6) is 0.900. The van der Waals surface area contributed by atoms with Crippen LogP contribution >= 0.6 is 12.4 Å². The summed E-state index contributed by atoms with van der Waals surface area (Å²) < 4.78 is 16.1. The van der Waals surface area contributed by atoms with E-state index in [1.807, 2.05) is 19.0 Å². The van der Waals surface area contributed by atoms with Crippen molar-refractivity contribution >= 4 is 29.2 Å². The van der Waals surface area contributed by atoms with Crippen molar-refractivity contribution in [1.29, 1.82) is 0 Å². The first-order valence-electron chi connectivity index (χ1n) is 8.09. The van der Waals surface area contributed by atoms with E-state index < -0.39 is 0 Å². The summed E-state index contributed by atoms with van der Waals surface area (Å²) in [7, 11) is 6.84. The zero-order valence-electron chi connectivity index (χ0n) is 15.6. The van der Waals surface area contributed by atoms with Crippen molar-refractivity contribution in [3.05, 3.63) is 53.3 Å². The highest BCUT2D eigenvalue weighted by Crippen LogP contribution is 2.35. The Balaban J connectivity index is 0.00000261. The lowest BCUT2D eigenvalue weighted by molar-refractivity contribution is 0.103. The van der Waals surface area contributed by atoms with Crippen molar-refractivity contribution in [2.75, 3.05) is 28.3 Å². The number of phenolic OH excluding ortho intramolecular Hbond substituents is 1. The van der Waals surface area contributed by atoms with Crippen molar-refractivity contribution in [2.45, 2.75) is 6.54 Å². The Kier molecular flexibility index (Phi) is 6.36. The van der Waals surface area contributed by atoms with Gasteiger partial charge in [-0.3, -0.25) is 4.79 Å². The fourth-order valence-electron chi connectivity index (χ4n) is 2.96. The summed E-state index contributed by atoms with van der Waals surface area (Å²) >= 11 is 0. The number of ketones is 1. The Hall–Kier alpha value is -2.70. The fourth-order valence-corrected chi connectivity index (χ4v) is 2.96. The molecule has 0 saturated carbocycles. The van der Waals surface area contributed by atoms with E-state index in [9.17, 15) is 9.90 Å². The lowest BCUT2D eigenvalue weighted by atomic mass is 9.98. The largest absolute Gasteiger partial charge is 0.508 e. The number of hydrogen-bond acceptors (Lipinski definition) is 6. The van der Waals surface area contributed by atoms with Crippen LogP contribution in [0.4, 0.5) is 0 Å².